The van der Waals surface area contributed by atoms with Crippen molar-refractivity contribution in [2.75, 3.05) is 26.2 Å². The first-order valence-corrected chi connectivity index (χ1v) is 9.71. The Hall–Kier alpha value is -1.43. The maximum atomic E-state index is 5.94. The molecule has 25 heavy (non-hydrogen) atoms. The van der Waals surface area contributed by atoms with Crippen LogP contribution in [0.2, 0.25) is 5.02 Å². The van der Waals surface area contributed by atoms with Crippen LogP contribution in [-0.2, 0) is 6.54 Å². The maximum Gasteiger partial charge on any atom is 0.241 e. The molecule has 0 saturated carbocycles. The van der Waals surface area contributed by atoms with Crippen molar-refractivity contribution in [1.29, 1.82) is 0 Å². The van der Waals surface area contributed by atoms with Gasteiger partial charge in [0.1, 0.15) is 0 Å². The molecule has 0 amide bonds. The van der Waals surface area contributed by atoms with E-state index in [1.165, 1.54) is 51.7 Å². The van der Waals surface area contributed by atoms with Crippen LogP contribution >= 0.6 is 11.6 Å². The van der Waals surface area contributed by atoms with Crippen LogP contribution in [0.3, 0.4) is 0 Å². The number of likely N-dealkylation sites (tertiary alicyclic amines) is 2. The summed E-state index contributed by atoms with van der Waals surface area (Å²) in [5.74, 6) is 1.34. The molecule has 0 N–H and O–H groups in total. The monoisotopic (exact) mass is 360 g/mol. The van der Waals surface area contributed by atoms with Gasteiger partial charge in [0, 0.05) is 23.2 Å². The van der Waals surface area contributed by atoms with Gasteiger partial charge in [-0.05, 0) is 69.6 Å². The lowest BCUT2D eigenvalue weighted by Gasteiger charge is -2.32. The molecule has 4 rings (SSSR count). The predicted molar refractivity (Wildman–Crippen MR) is 98.5 cm³/mol. The van der Waals surface area contributed by atoms with E-state index in [1.54, 1.807) is 0 Å². The van der Waals surface area contributed by atoms with Gasteiger partial charge in [0.15, 0.2) is 0 Å². The standard InChI is InChI=1S/C19H25ClN4O/c20-16-8-6-15(7-9-16)19-21-18(25-22-19)14-24-12-4-5-17(24)13-23-10-2-1-3-11-23/h6-9,17H,1-5,10-14H2. The quantitative estimate of drug-likeness (QED) is 0.810. The van der Waals surface area contributed by atoms with Gasteiger partial charge in [-0.25, -0.2) is 0 Å². The third-order valence-corrected chi connectivity index (χ3v) is 5.58. The highest BCUT2D eigenvalue weighted by atomic mass is 35.5. The molecule has 2 aromatic rings. The smallest absolute Gasteiger partial charge is 0.241 e. The van der Waals surface area contributed by atoms with E-state index in [9.17, 15) is 0 Å². The second-order valence-corrected chi connectivity index (χ2v) is 7.58. The van der Waals surface area contributed by atoms with Crippen molar-refractivity contribution < 1.29 is 4.52 Å². The van der Waals surface area contributed by atoms with Gasteiger partial charge in [0.2, 0.25) is 11.7 Å². The van der Waals surface area contributed by atoms with E-state index < -0.39 is 0 Å². The molecule has 3 heterocycles. The number of hydrogen-bond acceptors (Lipinski definition) is 5. The summed E-state index contributed by atoms with van der Waals surface area (Å²) >= 11 is 5.94. The zero-order valence-electron chi connectivity index (χ0n) is 14.5. The van der Waals surface area contributed by atoms with E-state index in [2.05, 4.69) is 19.9 Å². The average Bonchev–Trinajstić information content (AvgIpc) is 3.27. The van der Waals surface area contributed by atoms with E-state index in [4.69, 9.17) is 16.1 Å². The number of nitrogens with zero attached hydrogens (tertiary/aromatic N) is 4. The summed E-state index contributed by atoms with van der Waals surface area (Å²) < 4.78 is 5.50. The summed E-state index contributed by atoms with van der Waals surface area (Å²) in [6.45, 7) is 5.56. The summed E-state index contributed by atoms with van der Waals surface area (Å²) in [5, 5.41) is 4.85. The Balaban J connectivity index is 1.38. The molecule has 134 valence electrons. The molecular weight excluding hydrogens is 336 g/mol. The van der Waals surface area contributed by atoms with E-state index in [0.29, 0.717) is 22.8 Å². The highest BCUT2D eigenvalue weighted by Crippen LogP contribution is 2.23. The lowest BCUT2D eigenvalue weighted by atomic mass is 10.1. The number of aromatic nitrogens is 2. The molecule has 1 unspecified atom stereocenters. The molecule has 5 nitrogen and oxygen atoms in total. The highest BCUT2D eigenvalue weighted by molar-refractivity contribution is 6.30. The third kappa shape index (κ3) is 4.22. The van der Waals surface area contributed by atoms with Crippen molar-refractivity contribution in [3.05, 3.63) is 35.2 Å². The van der Waals surface area contributed by atoms with Gasteiger partial charge in [-0.15, -0.1) is 0 Å². The molecule has 2 aliphatic heterocycles. The zero-order valence-corrected chi connectivity index (χ0v) is 15.3. The van der Waals surface area contributed by atoms with Gasteiger partial charge in [-0.1, -0.05) is 23.2 Å². The summed E-state index contributed by atoms with van der Waals surface area (Å²) in [6.07, 6.45) is 6.62. The SMILES string of the molecule is Clc1ccc(-c2noc(CN3CCCC3CN3CCCCC3)n2)cc1. The van der Waals surface area contributed by atoms with E-state index in [0.717, 1.165) is 18.7 Å². The Labute approximate surface area is 153 Å². The number of piperidine rings is 1. The van der Waals surface area contributed by atoms with Crippen molar-refractivity contribution >= 4 is 11.6 Å². The van der Waals surface area contributed by atoms with E-state index in [1.807, 2.05) is 24.3 Å². The van der Waals surface area contributed by atoms with Gasteiger partial charge in [0.25, 0.3) is 0 Å². The first kappa shape index (κ1) is 17.0. The van der Waals surface area contributed by atoms with Crippen LogP contribution in [0.4, 0.5) is 0 Å². The molecule has 2 saturated heterocycles. The van der Waals surface area contributed by atoms with Gasteiger partial charge >= 0.3 is 0 Å². The molecule has 2 aliphatic rings. The molecule has 0 radical (unpaired) electrons. The maximum absolute atomic E-state index is 5.94. The molecule has 0 aliphatic carbocycles. The van der Waals surface area contributed by atoms with Crippen molar-refractivity contribution in [2.45, 2.75) is 44.7 Å². The Kier molecular flexibility index (Phi) is 5.34. The Morgan fingerprint density at radius 1 is 1.04 bits per heavy atom. The highest BCUT2D eigenvalue weighted by Gasteiger charge is 2.28. The van der Waals surface area contributed by atoms with Crippen molar-refractivity contribution in [3.63, 3.8) is 0 Å². The van der Waals surface area contributed by atoms with Crippen LogP contribution in [0.25, 0.3) is 11.4 Å². The fraction of sp³-hybridized carbons (Fsp3) is 0.579. The number of benzene rings is 1. The van der Waals surface area contributed by atoms with Crippen LogP contribution in [0.15, 0.2) is 28.8 Å². The van der Waals surface area contributed by atoms with E-state index in [-0.39, 0.29) is 0 Å². The zero-order chi connectivity index (χ0) is 17.1. The van der Waals surface area contributed by atoms with Gasteiger partial charge in [-0.2, -0.15) is 4.98 Å². The first-order valence-electron chi connectivity index (χ1n) is 9.33. The lowest BCUT2D eigenvalue weighted by molar-refractivity contribution is 0.139. The largest absolute Gasteiger partial charge is 0.338 e. The number of rotatable bonds is 5. The summed E-state index contributed by atoms with van der Waals surface area (Å²) in [4.78, 5) is 9.71. The number of halogens is 1. The normalized spacial score (nSPS) is 22.5. The minimum absolute atomic E-state index is 0.615. The molecule has 1 aromatic carbocycles. The van der Waals surface area contributed by atoms with Crippen LogP contribution < -0.4 is 0 Å². The van der Waals surface area contributed by atoms with Gasteiger partial charge < -0.3 is 9.42 Å². The van der Waals surface area contributed by atoms with Gasteiger partial charge in [0.05, 0.1) is 6.54 Å². The minimum Gasteiger partial charge on any atom is -0.338 e. The summed E-state index contributed by atoms with van der Waals surface area (Å²) in [7, 11) is 0. The van der Waals surface area contributed by atoms with Crippen LogP contribution in [-0.4, -0.2) is 52.2 Å². The van der Waals surface area contributed by atoms with Gasteiger partial charge in [-0.3, -0.25) is 4.90 Å². The Morgan fingerprint density at radius 3 is 2.64 bits per heavy atom. The minimum atomic E-state index is 0.615. The molecule has 6 heteroatoms. The third-order valence-electron chi connectivity index (χ3n) is 5.33. The second-order valence-electron chi connectivity index (χ2n) is 7.15. The molecular formula is C19H25ClN4O. The Morgan fingerprint density at radius 2 is 1.84 bits per heavy atom. The van der Waals surface area contributed by atoms with Crippen molar-refractivity contribution in [2.24, 2.45) is 0 Å². The van der Waals surface area contributed by atoms with Crippen LogP contribution in [0.5, 0.6) is 0 Å². The molecule has 0 bridgehead atoms. The summed E-state index contributed by atoms with van der Waals surface area (Å²) in [5.41, 5.74) is 0.936. The topological polar surface area (TPSA) is 45.4 Å². The molecule has 2 fully saturated rings. The van der Waals surface area contributed by atoms with Crippen molar-refractivity contribution in [3.8, 4) is 11.4 Å². The Bertz CT molecular complexity index is 681. The fourth-order valence-electron chi connectivity index (χ4n) is 3.96. The average molecular weight is 361 g/mol. The number of hydrogen-bond donors (Lipinski definition) is 0. The van der Waals surface area contributed by atoms with Crippen molar-refractivity contribution in [1.82, 2.24) is 19.9 Å². The second kappa shape index (κ2) is 7.85. The first-order chi connectivity index (χ1) is 12.3. The molecule has 0 spiro atoms. The van der Waals surface area contributed by atoms with Crippen LogP contribution in [0.1, 0.15) is 38.0 Å². The molecule has 1 atom stereocenters. The van der Waals surface area contributed by atoms with E-state index >= 15 is 0 Å². The molecule has 1 aromatic heterocycles. The fourth-order valence-corrected chi connectivity index (χ4v) is 4.09. The summed E-state index contributed by atoms with van der Waals surface area (Å²) in [6, 6.07) is 8.16. The predicted octanol–water partition coefficient (Wildman–Crippen LogP) is 3.84. The lowest BCUT2D eigenvalue weighted by Crippen LogP contribution is -2.42. The van der Waals surface area contributed by atoms with Crippen LogP contribution in [0, 0.1) is 0 Å².